The Kier molecular flexibility index (Phi) is 5.14. The van der Waals surface area contributed by atoms with Crippen LogP contribution in [-0.2, 0) is 5.41 Å². The van der Waals surface area contributed by atoms with Gasteiger partial charge in [-0.25, -0.2) is 14.1 Å². The summed E-state index contributed by atoms with van der Waals surface area (Å²) in [6.45, 7) is 7.87. The number of pyridine rings is 1. The van der Waals surface area contributed by atoms with Crippen molar-refractivity contribution in [2.45, 2.75) is 33.1 Å². The Morgan fingerprint density at radius 3 is 2.48 bits per heavy atom. The minimum Gasteiger partial charge on any atom is -0.306 e. The second-order valence-electron chi connectivity index (χ2n) is 8.23. The minimum absolute atomic E-state index is 0.217. The Bertz CT molecular complexity index is 1240. The van der Waals surface area contributed by atoms with E-state index in [0.29, 0.717) is 22.9 Å². The van der Waals surface area contributed by atoms with Gasteiger partial charge in [0.25, 0.3) is 5.91 Å². The van der Waals surface area contributed by atoms with Crippen LogP contribution in [0.2, 0.25) is 0 Å². The molecule has 0 aliphatic carbocycles. The number of amides is 1. The minimum atomic E-state index is -0.413. The van der Waals surface area contributed by atoms with Crippen molar-refractivity contribution in [2.24, 2.45) is 0 Å². The Labute approximate surface area is 179 Å². The number of carbonyl (C=O) groups excluding carboxylic acids is 1. The van der Waals surface area contributed by atoms with Crippen LogP contribution in [-0.4, -0.2) is 30.5 Å². The molecule has 31 heavy (non-hydrogen) atoms. The van der Waals surface area contributed by atoms with Crippen molar-refractivity contribution in [1.29, 1.82) is 0 Å². The normalized spacial score (nSPS) is 11.5. The van der Waals surface area contributed by atoms with E-state index in [2.05, 4.69) is 20.5 Å². The van der Waals surface area contributed by atoms with E-state index in [0.717, 1.165) is 5.69 Å². The number of carbonyl (C=O) groups is 1. The lowest BCUT2D eigenvalue weighted by Gasteiger charge is -2.13. The number of rotatable bonds is 4. The molecule has 1 amide bonds. The van der Waals surface area contributed by atoms with Crippen LogP contribution in [0.3, 0.4) is 0 Å². The van der Waals surface area contributed by atoms with Crippen LogP contribution in [0.4, 0.5) is 10.2 Å². The first-order chi connectivity index (χ1) is 14.8. The molecule has 3 aromatic heterocycles. The maximum Gasteiger partial charge on any atom is 0.260 e. The fraction of sp³-hybridized carbons (Fsp3) is 0.217. The number of nitrogens with zero attached hydrogens (tertiary/aromatic N) is 5. The molecule has 0 radical (unpaired) electrons. The molecule has 1 aromatic carbocycles. The van der Waals surface area contributed by atoms with Gasteiger partial charge >= 0.3 is 0 Å². The topological polar surface area (TPSA) is 77.6 Å². The molecule has 0 bridgehead atoms. The first-order valence-electron chi connectivity index (χ1n) is 9.88. The van der Waals surface area contributed by atoms with Crippen molar-refractivity contribution in [3.8, 4) is 11.5 Å². The third-order valence-electron chi connectivity index (χ3n) is 4.92. The zero-order valence-electron chi connectivity index (χ0n) is 17.8. The van der Waals surface area contributed by atoms with Gasteiger partial charge in [0.05, 0.1) is 23.1 Å². The first kappa shape index (κ1) is 20.5. The van der Waals surface area contributed by atoms with Crippen LogP contribution in [0.5, 0.6) is 0 Å². The Balaban J connectivity index is 1.70. The largest absolute Gasteiger partial charge is 0.306 e. The van der Waals surface area contributed by atoms with Gasteiger partial charge in [-0.05, 0) is 31.2 Å². The van der Waals surface area contributed by atoms with E-state index >= 15 is 0 Å². The number of hydrogen-bond donors (Lipinski definition) is 1. The summed E-state index contributed by atoms with van der Waals surface area (Å²) in [5.41, 5.74) is 1.75. The zero-order chi connectivity index (χ0) is 22.2. The number of halogens is 1. The van der Waals surface area contributed by atoms with E-state index in [1.807, 2.05) is 45.0 Å². The molecule has 4 aromatic rings. The second-order valence-corrected chi connectivity index (χ2v) is 8.23. The van der Waals surface area contributed by atoms with E-state index in [4.69, 9.17) is 0 Å². The maximum atomic E-state index is 14.2. The number of aromatic nitrogens is 5. The van der Waals surface area contributed by atoms with E-state index < -0.39 is 5.82 Å². The molecular formula is C23H23FN6O. The lowest BCUT2D eigenvalue weighted by Crippen LogP contribution is -2.16. The van der Waals surface area contributed by atoms with Crippen molar-refractivity contribution in [1.82, 2.24) is 24.5 Å². The Morgan fingerprint density at radius 1 is 1.06 bits per heavy atom. The standard InChI is InChI=1S/C23H23FN6O/c1-15-16(14-26-29(15)18-10-6-5-9-17(18)24)22(31)27-21-13-19(23(2,3)4)28-30(21)20-11-7-8-12-25-20/h5-14H,1-4H3,(H,27,31). The molecule has 0 spiro atoms. The molecule has 7 nitrogen and oxygen atoms in total. The molecule has 0 saturated carbocycles. The van der Waals surface area contributed by atoms with Gasteiger partial charge < -0.3 is 5.32 Å². The SMILES string of the molecule is Cc1c(C(=O)Nc2cc(C(C)(C)C)nn2-c2ccccn2)cnn1-c1ccccc1F. The van der Waals surface area contributed by atoms with Gasteiger partial charge in [-0.15, -0.1) is 0 Å². The summed E-state index contributed by atoms with van der Waals surface area (Å²) in [7, 11) is 0. The molecule has 3 heterocycles. The van der Waals surface area contributed by atoms with Crippen LogP contribution in [0, 0.1) is 12.7 Å². The van der Waals surface area contributed by atoms with E-state index in [1.165, 1.54) is 16.9 Å². The van der Waals surface area contributed by atoms with Crippen LogP contribution in [0.25, 0.3) is 11.5 Å². The highest BCUT2D eigenvalue weighted by molar-refractivity contribution is 6.04. The Hall–Kier alpha value is -3.81. The highest BCUT2D eigenvalue weighted by atomic mass is 19.1. The van der Waals surface area contributed by atoms with Crippen LogP contribution in [0.1, 0.15) is 42.5 Å². The van der Waals surface area contributed by atoms with Crippen molar-refractivity contribution in [3.05, 3.63) is 83.7 Å². The fourth-order valence-electron chi connectivity index (χ4n) is 3.17. The zero-order valence-corrected chi connectivity index (χ0v) is 17.8. The van der Waals surface area contributed by atoms with Gasteiger partial charge in [0.2, 0.25) is 0 Å². The number of anilines is 1. The van der Waals surface area contributed by atoms with Gasteiger partial charge in [0.1, 0.15) is 17.3 Å². The van der Waals surface area contributed by atoms with Crippen molar-refractivity contribution in [3.63, 3.8) is 0 Å². The summed E-state index contributed by atoms with van der Waals surface area (Å²) < 4.78 is 17.2. The quantitative estimate of drug-likeness (QED) is 0.531. The summed E-state index contributed by atoms with van der Waals surface area (Å²) in [6, 6.07) is 13.6. The average Bonchev–Trinajstić information content (AvgIpc) is 3.33. The lowest BCUT2D eigenvalue weighted by atomic mass is 9.92. The molecule has 8 heteroatoms. The lowest BCUT2D eigenvalue weighted by molar-refractivity contribution is 0.102. The number of nitrogens with one attached hydrogen (secondary N) is 1. The molecule has 0 aliphatic heterocycles. The van der Waals surface area contributed by atoms with Gasteiger partial charge in [-0.3, -0.25) is 4.79 Å². The molecular weight excluding hydrogens is 395 g/mol. The van der Waals surface area contributed by atoms with E-state index in [-0.39, 0.29) is 17.0 Å². The molecule has 0 aliphatic rings. The molecule has 0 atom stereocenters. The fourth-order valence-corrected chi connectivity index (χ4v) is 3.17. The third-order valence-corrected chi connectivity index (χ3v) is 4.92. The molecule has 0 saturated heterocycles. The van der Waals surface area contributed by atoms with Crippen LogP contribution >= 0.6 is 0 Å². The monoisotopic (exact) mass is 418 g/mol. The number of para-hydroxylation sites is 1. The van der Waals surface area contributed by atoms with Gasteiger partial charge in [0, 0.05) is 17.7 Å². The van der Waals surface area contributed by atoms with Gasteiger partial charge in [-0.2, -0.15) is 14.9 Å². The smallest absolute Gasteiger partial charge is 0.260 e. The highest BCUT2D eigenvalue weighted by Gasteiger charge is 2.23. The van der Waals surface area contributed by atoms with Crippen molar-refractivity contribution in [2.75, 3.05) is 5.32 Å². The maximum absolute atomic E-state index is 14.2. The first-order valence-corrected chi connectivity index (χ1v) is 9.88. The van der Waals surface area contributed by atoms with Crippen molar-refractivity contribution >= 4 is 11.7 Å². The van der Waals surface area contributed by atoms with Crippen LogP contribution in [0.15, 0.2) is 60.9 Å². The second kappa shape index (κ2) is 7.79. The average molecular weight is 418 g/mol. The Morgan fingerprint density at radius 2 is 1.81 bits per heavy atom. The summed E-state index contributed by atoms with van der Waals surface area (Å²) in [6.07, 6.45) is 3.10. The summed E-state index contributed by atoms with van der Waals surface area (Å²) in [4.78, 5) is 17.4. The van der Waals surface area contributed by atoms with Gasteiger partial charge in [0.15, 0.2) is 5.82 Å². The molecule has 0 fully saturated rings. The molecule has 4 rings (SSSR count). The predicted molar refractivity (Wildman–Crippen MR) is 116 cm³/mol. The molecule has 0 unspecified atom stereocenters. The third kappa shape index (κ3) is 3.96. The van der Waals surface area contributed by atoms with Crippen LogP contribution < -0.4 is 5.32 Å². The number of hydrogen-bond acceptors (Lipinski definition) is 4. The summed E-state index contributed by atoms with van der Waals surface area (Å²) >= 11 is 0. The van der Waals surface area contributed by atoms with E-state index in [9.17, 15) is 9.18 Å². The predicted octanol–water partition coefficient (Wildman–Crippen LogP) is 4.45. The van der Waals surface area contributed by atoms with Crippen molar-refractivity contribution < 1.29 is 9.18 Å². The summed E-state index contributed by atoms with van der Waals surface area (Å²) in [5, 5.41) is 11.8. The molecule has 1 N–H and O–H groups in total. The van der Waals surface area contributed by atoms with Gasteiger partial charge in [-0.1, -0.05) is 39.0 Å². The highest BCUT2D eigenvalue weighted by Crippen LogP contribution is 2.26. The summed E-state index contributed by atoms with van der Waals surface area (Å²) in [5.74, 6) is 0.306. The van der Waals surface area contributed by atoms with E-state index in [1.54, 1.807) is 36.0 Å². The number of benzene rings is 1. The molecule has 158 valence electrons.